The summed E-state index contributed by atoms with van der Waals surface area (Å²) in [6.45, 7) is 0. The van der Waals surface area contributed by atoms with Gasteiger partial charge in [0.05, 0.1) is 11.5 Å². The van der Waals surface area contributed by atoms with Gasteiger partial charge in [0.15, 0.2) is 0 Å². The number of hydrogen-bond acceptors (Lipinski definition) is 4. The lowest BCUT2D eigenvalue weighted by atomic mass is 9.89. The number of para-hydroxylation sites is 1. The highest BCUT2D eigenvalue weighted by Crippen LogP contribution is 2.33. The molecule has 0 saturated carbocycles. The number of phenolic OH excluding ortho intramolecular Hbond substituents is 1. The van der Waals surface area contributed by atoms with Gasteiger partial charge in [-0.25, -0.2) is 8.42 Å². The molecule has 0 radical (unpaired) electrons. The highest BCUT2D eigenvalue weighted by Gasteiger charge is 2.29. The molecule has 1 unspecified atom stereocenters. The Morgan fingerprint density at radius 1 is 1.24 bits per heavy atom. The Hall–Kier alpha value is -1.07. The lowest BCUT2D eigenvalue weighted by molar-refractivity contribution is 0.377. The van der Waals surface area contributed by atoms with Gasteiger partial charge >= 0.3 is 0 Å². The largest absolute Gasteiger partial charge is 0.508 e. The first-order valence-electron chi connectivity index (χ1n) is 5.73. The summed E-state index contributed by atoms with van der Waals surface area (Å²) >= 11 is 0. The molecular weight excluding hydrogens is 238 g/mol. The van der Waals surface area contributed by atoms with Crippen LogP contribution in [0.4, 0.5) is 0 Å². The van der Waals surface area contributed by atoms with E-state index in [1.54, 1.807) is 18.2 Å². The minimum Gasteiger partial charge on any atom is -0.508 e. The number of nitrogens with two attached hydrogens (primary N) is 1. The molecule has 2 rings (SSSR count). The molecule has 1 aliphatic rings. The second-order valence-corrected chi connectivity index (χ2v) is 6.88. The smallest absolute Gasteiger partial charge is 0.150 e. The van der Waals surface area contributed by atoms with Crippen LogP contribution in [0.15, 0.2) is 24.3 Å². The third-order valence-corrected chi connectivity index (χ3v) is 5.12. The Labute approximate surface area is 101 Å². The van der Waals surface area contributed by atoms with Crippen LogP contribution in [0, 0.1) is 5.92 Å². The van der Waals surface area contributed by atoms with E-state index in [1.165, 1.54) is 0 Å². The van der Waals surface area contributed by atoms with E-state index >= 15 is 0 Å². The molecule has 4 nitrogen and oxygen atoms in total. The number of aromatic hydroxyl groups is 1. The predicted octanol–water partition coefficient (Wildman–Crippen LogP) is 1.22. The van der Waals surface area contributed by atoms with Crippen LogP contribution < -0.4 is 5.73 Å². The fourth-order valence-corrected chi connectivity index (χ4v) is 3.82. The fourth-order valence-electron chi connectivity index (χ4n) is 2.29. The molecule has 0 aliphatic carbocycles. The fraction of sp³-hybridized carbons (Fsp3) is 0.500. The maximum atomic E-state index is 11.3. The van der Waals surface area contributed by atoms with Gasteiger partial charge in [-0.15, -0.1) is 0 Å². The summed E-state index contributed by atoms with van der Waals surface area (Å²) in [5, 5.41) is 9.72. The van der Waals surface area contributed by atoms with Crippen LogP contribution in [0.1, 0.15) is 24.4 Å². The number of rotatable bonds is 2. The van der Waals surface area contributed by atoms with Gasteiger partial charge in [-0.1, -0.05) is 18.2 Å². The third kappa shape index (κ3) is 2.79. The lowest BCUT2D eigenvalue weighted by Gasteiger charge is -2.28. The molecule has 0 spiro atoms. The van der Waals surface area contributed by atoms with E-state index in [1.807, 2.05) is 6.07 Å². The van der Waals surface area contributed by atoms with Crippen molar-refractivity contribution in [3.8, 4) is 5.75 Å². The number of phenols is 1. The van der Waals surface area contributed by atoms with Crippen LogP contribution in [0.25, 0.3) is 0 Å². The van der Waals surface area contributed by atoms with Crippen LogP contribution in [0.2, 0.25) is 0 Å². The minimum absolute atomic E-state index is 0.131. The molecule has 1 heterocycles. The van der Waals surface area contributed by atoms with E-state index in [2.05, 4.69) is 0 Å². The van der Waals surface area contributed by atoms with Gasteiger partial charge in [0.25, 0.3) is 0 Å². The average Bonchev–Trinajstić information content (AvgIpc) is 2.29. The topological polar surface area (TPSA) is 80.4 Å². The van der Waals surface area contributed by atoms with Crippen LogP contribution >= 0.6 is 0 Å². The van der Waals surface area contributed by atoms with Crippen molar-refractivity contribution in [1.82, 2.24) is 0 Å². The van der Waals surface area contributed by atoms with Gasteiger partial charge in [0, 0.05) is 11.6 Å². The highest BCUT2D eigenvalue weighted by molar-refractivity contribution is 7.91. The Balaban J connectivity index is 2.12. The van der Waals surface area contributed by atoms with Crippen LogP contribution in [0.5, 0.6) is 5.75 Å². The normalized spacial score (nSPS) is 22.2. The van der Waals surface area contributed by atoms with E-state index in [0.29, 0.717) is 18.4 Å². The molecule has 0 amide bonds. The monoisotopic (exact) mass is 255 g/mol. The van der Waals surface area contributed by atoms with E-state index in [4.69, 9.17) is 5.73 Å². The molecule has 1 aromatic carbocycles. The van der Waals surface area contributed by atoms with Crippen molar-refractivity contribution in [3.05, 3.63) is 29.8 Å². The quantitative estimate of drug-likeness (QED) is 0.832. The van der Waals surface area contributed by atoms with Crippen molar-refractivity contribution in [2.75, 3.05) is 11.5 Å². The molecule has 1 atom stereocenters. The zero-order valence-electron chi connectivity index (χ0n) is 9.54. The molecule has 3 N–H and O–H groups in total. The first kappa shape index (κ1) is 12.4. The highest BCUT2D eigenvalue weighted by atomic mass is 32.2. The first-order chi connectivity index (χ1) is 7.99. The summed E-state index contributed by atoms with van der Waals surface area (Å²) < 4.78 is 22.7. The third-order valence-electron chi connectivity index (χ3n) is 3.40. The van der Waals surface area contributed by atoms with Gasteiger partial charge in [0.1, 0.15) is 15.6 Å². The maximum Gasteiger partial charge on any atom is 0.150 e. The summed E-state index contributed by atoms with van der Waals surface area (Å²) in [5.74, 6) is 0.734. The van der Waals surface area contributed by atoms with Crippen LogP contribution in [0.3, 0.4) is 0 Å². The molecule has 0 aromatic heterocycles. The molecule has 17 heavy (non-hydrogen) atoms. The molecule has 1 fully saturated rings. The summed E-state index contributed by atoms with van der Waals surface area (Å²) in [5.41, 5.74) is 6.81. The SMILES string of the molecule is NC(c1ccccc1O)C1CCS(=O)(=O)CC1. The Morgan fingerprint density at radius 3 is 2.41 bits per heavy atom. The van der Waals surface area contributed by atoms with Crippen molar-refractivity contribution in [1.29, 1.82) is 0 Å². The van der Waals surface area contributed by atoms with Crippen molar-refractivity contribution in [3.63, 3.8) is 0 Å². The second kappa shape index (κ2) is 4.66. The Kier molecular flexibility index (Phi) is 3.40. The zero-order valence-corrected chi connectivity index (χ0v) is 10.4. The summed E-state index contributed by atoms with van der Waals surface area (Å²) in [7, 11) is -2.86. The molecule has 5 heteroatoms. The first-order valence-corrected chi connectivity index (χ1v) is 7.55. The van der Waals surface area contributed by atoms with Gasteiger partial charge in [-0.3, -0.25) is 0 Å². The number of sulfone groups is 1. The number of hydrogen-bond donors (Lipinski definition) is 2. The number of benzene rings is 1. The molecule has 94 valence electrons. The Morgan fingerprint density at radius 2 is 1.82 bits per heavy atom. The zero-order chi connectivity index (χ0) is 12.5. The minimum atomic E-state index is -2.86. The van der Waals surface area contributed by atoms with Crippen molar-refractivity contribution >= 4 is 9.84 Å². The molecule has 1 aromatic rings. The van der Waals surface area contributed by atoms with E-state index < -0.39 is 9.84 Å². The maximum absolute atomic E-state index is 11.3. The van der Waals surface area contributed by atoms with Gasteiger partial charge in [0.2, 0.25) is 0 Å². The molecular formula is C12H17NO3S. The van der Waals surface area contributed by atoms with E-state index in [-0.39, 0.29) is 29.2 Å². The van der Waals surface area contributed by atoms with Crippen molar-refractivity contribution < 1.29 is 13.5 Å². The Bertz CT molecular complexity index is 484. The van der Waals surface area contributed by atoms with Crippen molar-refractivity contribution in [2.45, 2.75) is 18.9 Å². The molecule has 1 aliphatic heterocycles. The lowest BCUT2D eigenvalue weighted by Crippen LogP contribution is -2.30. The average molecular weight is 255 g/mol. The second-order valence-electron chi connectivity index (χ2n) is 4.57. The summed E-state index contributed by atoms with van der Waals surface area (Å²) in [4.78, 5) is 0. The predicted molar refractivity (Wildman–Crippen MR) is 66.4 cm³/mol. The van der Waals surface area contributed by atoms with Crippen molar-refractivity contribution in [2.24, 2.45) is 11.7 Å². The standard InChI is InChI=1S/C12H17NO3S/c13-12(10-3-1-2-4-11(10)14)9-5-7-17(15,16)8-6-9/h1-4,9,12,14H,5-8,13H2. The van der Waals surface area contributed by atoms with E-state index in [0.717, 1.165) is 0 Å². The van der Waals surface area contributed by atoms with E-state index in [9.17, 15) is 13.5 Å². The van der Waals surface area contributed by atoms with Gasteiger partial charge in [-0.2, -0.15) is 0 Å². The summed E-state index contributed by atoms with van der Waals surface area (Å²) in [6.07, 6.45) is 1.16. The van der Waals surface area contributed by atoms with Crippen LogP contribution in [-0.4, -0.2) is 25.0 Å². The van der Waals surface area contributed by atoms with Gasteiger partial charge in [-0.05, 0) is 24.8 Å². The van der Waals surface area contributed by atoms with Crippen LogP contribution in [-0.2, 0) is 9.84 Å². The van der Waals surface area contributed by atoms with Gasteiger partial charge < -0.3 is 10.8 Å². The molecule has 0 bridgehead atoms. The molecule has 1 saturated heterocycles. The summed E-state index contributed by atoms with van der Waals surface area (Å²) in [6, 6.07) is 6.69.